The maximum atomic E-state index is 12.1. The highest BCUT2D eigenvalue weighted by Gasteiger charge is 2.61. The highest BCUT2D eigenvalue weighted by molar-refractivity contribution is 5.91. The first-order chi connectivity index (χ1) is 14.1. The van der Waals surface area contributed by atoms with Crippen LogP contribution in [0.4, 0.5) is 0 Å². The second kappa shape index (κ2) is 8.03. The predicted molar refractivity (Wildman–Crippen MR) is 121 cm³/mol. The highest BCUT2D eigenvalue weighted by atomic mass is 16.3. The molecule has 0 spiro atoms. The van der Waals surface area contributed by atoms with Crippen molar-refractivity contribution in [2.45, 2.75) is 105 Å². The Balaban J connectivity index is 1.53. The summed E-state index contributed by atoms with van der Waals surface area (Å²) in [5, 5.41) is 21.6. The summed E-state index contributed by atoms with van der Waals surface area (Å²) in [4.78, 5) is 12.1. The third-order valence-electron chi connectivity index (χ3n) is 10.4. The van der Waals surface area contributed by atoms with Crippen molar-refractivity contribution in [2.75, 3.05) is 0 Å². The van der Waals surface area contributed by atoms with Gasteiger partial charge in [0, 0.05) is 6.42 Å². The molecule has 2 N–H and O–H groups in total. The van der Waals surface area contributed by atoms with Gasteiger partial charge in [-0.2, -0.15) is 0 Å². The van der Waals surface area contributed by atoms with Crippen LogP contribution in [0.15, 0.2) is 11.6 Å². The summed E-state index contributed by atoms with van der Waals surface area (Å²) in [6, 6.07) is 0. The summed E-state index contributed by atoms with van der Waals surface area (Å²) in [5.41, 5.74) is 1.66. The van der Waals surface area contributed by atoms with Gasteiger partial charge < -0.3 is 10.2 Å². The largest absolute Gasteiger partial charge is 0.393 e. The maximum Gasteiger partial charge on any atom is 0.155 e. The molecule has 3 fully saturated rings. The molecule has 170 valence electrons. The molecular formula is C27H44O3. The monoisotopic (exact) mass is 416 g/mol. The average Bonchev–Trinajstić information content (AvgIpc) is 3.04. The topological polar surface area (TPSA) is 57.5 Å². The van der Waals surface area contributed by atoms with E-state index in [0.717, 1.165) is 19.3 Å². The summed E-state index contributed by atoms with van der Waals surface area (Å²) in [6.07, 6.45) is 10.7. The smallest absolute Gasteiger partial charge is 0.155 e. The van der Waals surface area contributed by atoms with Crippen molar-refractivity contribution >= 4 is 5.78 Å². The van der Waals surface area contributed by atoms with E-state index in [2.05, 4.69) is 34.6 Å². The fourth-order valence-electron chi connectivity index (χ4n) is 8.47. The summed E-state index contributed by atoms with van der Waals surface area (Å²) in [7, 11) is 0. The molecule has 0 aromatic heterocycles. The lowest BCUT2D eigenvalue weighted by atomic mass is 9.45. The molecule has 0 aliphatic heterocycles. The molecule has 4 rings (SSSR count). The Bertz CT molecular complexity index is 696. The molecule has 3 heteroatoms. The molecule has 0 heterocycles. The minimum Gasteiger partial charge on any atom is -0.393 e. The summed E-state index contributed by atoms with van der Waals surface area (Å²) < 4.78 is 0. The number of aliphatic hydroxyl groups excluding tert-OH is 2. The van der Waals surface area contributed by atoms with Crippen LogP contribution in [0.5, 0.6) is 0 Å². The van der Waals surface area contributed by atoms with Gasteiger partial charge >= 0.3 is 0 Å². The van der Waals surface area contributed by atoms with Gasteiger partial charge in [0.25, 0.3) is 0 Å². The number of rotatable bonds is 5. The van der Waals surface area contributed by atoms with E-state index < -0.39 is 0 Å². The van der Waals surface area contributed by atoms with Crippen molar-refractivity contribution in [3.63, 3.8) is 0 Å². The predicted octanol–water partition coefficient (Wildman–Crippen LogP) is 5.54. The Morgan fingerprint density at radius 1 is 1.07 bits per heavy atom. The van der Waals surface area contributed by atoms with Gasteiger partial charge in [-0.25, -0.2) is 0 Å². The molecule has 3 saturated carbocycles. The number of aliphatic hydroxyl groups is 2. The van der Waals surface area contributed by atoms with Crippen LogP contribution in [-0.4, -0.2) is 28.2 Å². The molecule has 0 aromatic rings. The summed E-state index contributed by atoms with van der Waals surface area (Å²) in [5.74, 6) is 3.43. The summed E-state index contributed by atoms with van der Waals surface area (Å²) in [6.45, 7) is 11.5. The first kappa shape index (κ1) is 22.5. The van der Waals surface area contributed by atoms with E-state index in [1.165, 1.54) is 31.3 Å². The molecule has 0 bridgehead atoms. The third kappa shape index (κ3) is 3.52. The Kier molecular flexibility index (Phi) is 6.03. The molecule has 3 nitrogen and oxygen atoms in total. The molecule has 0 amide bonds. The quantitative estimate of drug-likeness (QED) is 0.619. The first-order valence-electron chi connectivity index (χ1n) is 12.7. The van der Waals surface area contributed by atoms with Crippen LogP contribution in [-0.2, 0) is 4.79 Å². The second-order valence-electron chi connectivity index (χ2n) is 12.2. The van der Waals surface area contributed by atoms with E-state index in [1.54, 1.807) is 0 Å². The highest BCUT2D eigenvalue weighted by Crippen LogP contribution is 2.67. The molecule has 0 aromatic carbocycles. The normalized spacial score (nSPS) is 45.4. The van der Waals surface area contributed by atoms with Crippen molar-refractivity contribution in [3.8, 4) is 0 Å². The van der Waals surface area contributed by atoms with Crippen LogP contribution in [0.3, 0.4) is 0 Å². The van der Waals surface area contributed by atoms with Crippen molar-refractivity contribution in [1.82, 2.24) is 0 Å². The minimum atomic E-state index is -0.290. The van der Waals surface area contributed by atoms with Gasteiger partial charge in [0.1, 0.15) is 0 Å². The fraction of sp³-hybridized carbons (Fsp3) is 0.889. The molecule has 2 unspecified atom stereocenters. The summed E-state index contributed by atoms with van der Waals surface area (Å²) >= 11 is 0. The number of carbonyl (C=O) groups excluding carboxylic acids is 1. The SMILES string of the molecule is CC(C)C(O)CCC(C)[C@H]1CC[C@H]2[C@@H]3[C@H](O)CC4=CC(=O)CC[C@]4(C)[C@H]3CC[C@]12C. The van der Waals surface area contributed by atoms with E-state index in [1.807, 2.05) is 6.08 Å². The van der Waals surface area contributed by atoms with Crippen LogP contribution in [0.2, 0.25) is 0 Å². The fourth-order valence-corrected chi connectivity index (χ4v) is 8.47. The van der Waals surface area contributed by atoms with Gasteiger partial charge in [-0.05, 0) is 104 Å². The van der Waals surface area contributed by atoms with Crippen molar-refractivity contribution < 1.29 is 15.0 Å². The molecule has 4 aliphatic carbocycles. The lowest BCUT2D eigenvalue weighted by molar-refractivity contribution is -0.124. The van der Waals surface area contributed by atoms with Gasteiger partial charge in [0.15, 0.2) is 5.78 Å². The number of ketones is 1. The van der Waals surface area contributed by atoms with E-state index in [9.17, 15) is 15.0 Å². The van der Waals surface area contributed by atoms with Crippen LogP contribution in [0, 0.1) is 46.3 Å². The molecular weight excluding hydrogens is 372 g/mol. The molecule has 0 saturated heterocycles. The number of hydrogen-bond donors (Lipinski definition) is 2. The Morgan fingerprint density at radius 3 is 2.50 bits per heavy atom. The molecule has 0 radical (unpaired) electrons. The van der Waals surface area contributed by atoms with E-state index >= 15 is 0 Å². The Morgan fingerprint density at radius 2 is 1.80 bits per heavy atom. The first-order valence-corrected chi connectivity index (χ1v) is 12.7. The van der Waals surface area contributed by atoms with Crippen LogP contribution in [0.25, 0.3) is 0 Å². The molecule has 4 aliphatic rings. The second-order valence-corrected chi connectivity index (χ2v) is 12.2. The van der Waals surface area contributed by atoms with Crippen molar-refractivity contribution in [2.24, 2.45) is 46.3 Å². The van der Waals surface area contributed by atoms with E-state index in [4.69, 9.17) is 0 Å². The van der Waals surface area contributed by atoms with Gasteiger partial charge in [-0.15, -0.1) is 0 Å². The third-order valence-corrected chi connectivity index (χ3v) is 10.4. The van der Waals surface area contributed by atoms with Crippen molar-refractivity contribution in [1.29, 1.82) is 0 Å². The number of fused-ring (bicyclic) bond motifs is 5. The van der Waals surface area contributed by atoms with Gasteiger partial charge in [0.2, 0.25) is 0 Å². The van der Waals surface area contributed by atoms with Gasteiger partial charge in [-0.3, -0.25) is 4.79 Å². The standard InChI is InChI=1S/C27H44O3/c1-16(2)23(29)9-6-17(3)20-7-8-21-25-22(11-13-27(20,21)5)26(4)12-10-19(28)14-18(26)15-24(25)30/h14,16-17,20-25,29-30H,6-13,15H2,1-5H3/t17?,20-,21+,22+,23?,24-,25+,26+,27-/m1/s1. The van der Waals surface area contributed by atoms with Crippen LogP contribution in [0.1, 0.15) is 92.4 Å². The van der Waals surface area contributed by atoms with E-state index in [-0.39, 0.29) is 23.4 Å². The lowest BCUT2D eigenvalue weighted by Crippen LogP contribution is -2.55. The zero-order valence-electron chi connectivity index (χ0n) is 19.9. The van der Waals surface area contributed by atoms with Gasteiger partial charge in [-0.1, -0.05) is 40.2 Å². The molecule has 30 heavy (non-hydrogen) atoms. The van der Waals surface area contributed by atoms with Crippen LogP contribution >= 0.6 is 0 Å². The maximum absolute atomic E-state index is 12.1. The number of hydrogen-bond acceptors (Lipinski definition) is 3. The average molecular weight is 417 g/mol. The minimum absolute atomic E-state index is 0.115. The zero-order chi connectivity index (χ0) is 21.8. The van der Waals surface area contributed by atoms with E-state index in [0.29, 0.717) is 53.8 Å². The Hall–Kier alpha value is -0.670. The lowest BCUT2D eigenvalue weighted by Gasteiger charge is -2.60. The van der Waals surface area contributed by atoms with Crippen LogP contribution < -0.4 is 0 Å². The Labute approximate surface area is 183 Å². The van der Waals surface area contributed by atoms with Gasteiger partial charge in [0.05, 0.1) is 12.2 Å². The molecule has 9 atom stereocenters. The zero-order valence-corrected chi connectivity index (χ0v) is 19.9. The van der Waals surface area contributed by atoms with Crippen molar-refractivity contribution in [3.05, 3.63) is 11.6 Å². The number of carbonyl (C=O) groups is 1.